The zero-order chi connectivity index (χ0) is 20.5. The fraction of sp³-hybridized carbons (Fsp3) is 0.348. The van der Waals surface area contributed by atoms with Crippen molar-refractivity contribution in [2.24, 2.45) is 5.92 Å². The normalized spacial score (nSPS) is 16.8. The molecule has 3 heterocycles. The van der Waals surface area contributed by atoms with Gasteiger partial charge in [-0.05, 0) is 68.0 Å². The van der Waals surface area contributed by atoms with E-state index in [9.17, 15) is 9.59 Å². The third-order valence-electron chi connectivity index (χ3n) is 5.66. The van der Waals surface area contributed by atoms with E-state index in [0.29, 0.717) is 22.9 Å². The van der Waals surface area contributed by atoms with Crippen molar-refractivity contribution in [1.29, 1.82) is 0 Å². The van der Waals surface area contributed by atoms with Crippen LogP contribution in [0.4, 0.5) is 5.69 Å². The van der Waals surface area contributed by atoms with Gasteiger partial charge in [0, 0.05) is 25.0 Å². The number of nitrogens with zero attached hydrogens (tertiary/aromatic N) is 3. The number of pyridine rings is 1. The van der Waals surface area contributed by atoms with Crippen LogP contribution in [0.25, 0.3) is 5.52 Å². The summed E-state index contributed by atoms with van der Waals surface area (Å²) in [5.74, 6) is 0.331. The Hall–Kier alpha value is -3.15. The Kier molecular flexibility index (Phi) is 5.09. The Morgan fingerprint density at radius 2 is 1.97 bits per heavy atom. The van der Waals surface area contributed by atoms with Gasteiger partial charge in [-0.3, -0.25) is 14.0 Å². The summed E-state index contributed by atoms with van der Waals surface area (Å²) in [4.78, 5) is 32.5. The summed E-state index contributed by atoms with van der Waals surface area (Å²) in [6.07, 6.45) is 3.92. The van der Waals surface area contributed by atoms with Gasteiger partial charge in [0.25, 0.3) is 11.8 Å². The standard InChI is InChI=1S/C23H26N4O2/c1-15-7-6-11-26(14-15)23(29)21-25-20(19-8-4-5-12-27(19)21)22(28)24-18-10-9-16(2)17(3)13-18/h4-5,8-10,12-13,15H,6-7,11,14H2,1-3H3,(H,24,28). The van der Waals surface area contributed by atoms with Gasteiger partial charge < -0.3 is 10.2 Å². The number of amides is 2. The first-order valence-electron chi connectivity index (χ1n) is 10.1. The van der Waals surface area contributed by atoms with Crippen LogP contribution < -0.4 is 5.32 Å². The van der Waals surface area contributed by atoms with Crippen LogP contribution in [0.5, 0.6) is 0 Å². The number of carbonyl (C=O) groups excluding carboxylic acids is 2. The minimum absolute atomic E-state index is 0.122. The number of rotatable bonds is 3. The number of carbonyl (C=O) groups is 2. The topological polar surface area (TPSA) is 66.7 Å². The number of benzene rings is 1. The molecule has 3 aromatic rings. The molecule has 2 amide bonds. The Morgan fingerprint density at radius 1 is 1.14 bits per heavy atom. The van der Waals surface area contributed by atoms with Gasteiger partial charge in [0.15, 0.2) is 5.69 Å². The quantitative estimate of drug-likeness (QED) is 0.733. The van der Waals surface area contributed by atoms with Crippen molar-refractivity contribution in [2.45, 2.75) is 33.6 Å². The van der Waals surface area contributed by atoms with E-state index in [1.165, 1.54) is 5.56 Å². The number of piperidine rings is 1. The molecule has 1 saturated heterocycles. The maximum absolute atomic E-state index is 13.1. The highest BCUT2D eigenvalue weighted by Crippen LogP contribution is 2.21. The van der Waals surface area contributed by atoms with Gasteiger partial charge in [-0.15, -0.1) is 0 Å². The fourth-order valence-corrected chi connectivity index (χ4v) is 3.88. The second kappa shape index (κ2) is 7.70. The molecular formula is C23H26N4O2. The average Bonchev–Trinajstić information content (AvgIpc) is 3.10. The summed E-state index contributed by atoms with van der Waals surface area (Å²) in [5.41, 5.74) is 3.87. The van der Waals surface area contributed by atoms with Crippen molar-refractivity contribution >= 4 is 23.0 Å². The van der Waals surface area contributed by atoms with Crippen LogP contribution >= 0.6 is 0 Å². The molecule has 6 nitrogen and oxygen atoms in total. The van der Waals surface area contributed by atoms with Crippen LogP contribution in [-0.2, 0) is 0 Å². The minimum Gasteiger partial charge on any atom is -0.336 e. The summed E-state index contributed by atoms with van der Waals surface area (Å²) in [7, 11) is 0. The van der Waals surface area contributed by atoms with E-state index in [0.717, 1.165) is 31.5 Å². The number of aryl methyl sites for hydroxylation is 2. The number of imidazole rings is 1. The van der Waals surface area contributed by atoms with Crippen LogP contribution in [0.15, 0.2) is 42.6 Å². The van der Waals surface area contributed by atoms with Crippen LogP contribution in [0, 0.1) is 19.8 Å². The summed E-state index contributed by atoms with van der Waals surface area (Å²) in [6, 6.07) is 11.3. The number of hydrogen-bond donors (Lipinski definition) is 1. The lowest BCUT2D eigenvalue weighted by molar-refractivity contribution is 0.0670. The monoisotopic (exact) mass is 390 g/mol. The number of anilines is 1. The van der Waals surface area contributed by atoms with E-state index in [1.54, 1.807) is 10.6 Å². The summed E-state index contributed by atoms with van der Waals surface area (Å²) in [5, 5.41) is 2.92. The minimum atomic E-state index is -0.317. The molecular weight excluding hydrogens is 364 g/mol. The zero-order valence-electron chi connectivity index (χ0n) is 17.1. The molecule has 150 valence electrons. The summed E-state index contributed by atoms with van der Waals surface area (Å²) >= 11 is 0. The van der Waals surface area contributed by atoms with Crippen LogP contribution in [0.1, 0.15) is 52.0 Å². The molecule has 29 heavy (non-hydrogen) atoms. The van der Waals surface area contributed by atoms with Crippen molar-refractivity contribution in [3.8, 4) is 0 Å². The predicted octanol–water partition coefficient (Wildman–Crippen LogP) is 4.08. The van der Waals surface area contributed by atoms with E-state index in [4.69, 9.17) is 0 Å². The van der Waals surface area contributed by atoms with Crippen LogP contribution in [-0.4, -0.2) is 39.2 Å². The highest BCUT2D eigenvalue weighted by molar-refractivity contribution is 6.09. The second-order valence-corrected chi connectivity index (χ2v) is 7.99. The molecule has 1 unspecified atom stereocenters. The fourth-order valence-electron chi connectivity index (χ4n) is 3.88. The van der Waals surface area contributed by atoms with Crippen molar-refractivity contribution in [3.05, 3.63) is 65.2 Å². The largest absolute Gasteiger partial charge is 0.336 e. The maximum Gasteiger partial charge on any atom is 0.290 e. The van der Waals surface area contributed by atoms with E-state index >= 15 is 0 Å². The Bertz CT molecular complexity index is 1090. The van der Waals surface area contributed by atoms with Gasteiger partial charge in [-0.2, -0.15) is 0 Å². The molecule has 0 saturated carbocycles. The third-order valence-corrected chi connectivity index (χ3v) is 5.66. The lowest BCUT2D eigenvalue weighted by Crippen LogP contribution is -2.39. The molecule has 4 rings (SSSR count). The van der Waals surface area contributed by atoms with E-state index < -0.39 is 0 Å². The van der Waals surface area contributed by atoms with Gasteiger partial charge in [0.2, 0.25) is 5.82 Å². The van der Waals surface area contributed by atoms with Gasteiger partial charge in [-0.1, -0.05) is 19.1 Å². The highest BCUT2D eigenvalue weighted by atomic mass is 16.2. The molecule has 0 aliphatic carbocycles. The van der Waals surface area contributed by atoms with Crippen molar-refractivity contribution in [3.63, 3.8) is 0 Å². The van der Waals surface area contributed by atoms with Gasteiger partial charge in [0.1, 0.15) is 0 Å². The first-order chi connectivity index (χ1) is 13.9. The lowest BCUT2D eigenvalue weighted by Gasteiger charge is -2.30. The molecule has 1 aromatic carbocycles. The van der Waals surface area contributed by atoms with Gasteiger partial charge >= 0.3 is 0 Å². The van der Waals surface area contributed by atoms with Gasteiger partial charge in [0.05, 0.1) is 5.52 Å². The highest BCUT2D eigenvalue weighted by Gasteiger charge is 2.27. The van der Waals surface area contributed by atoms with Crippen molar-refractivity contribution in [2.75, 3.05) is 18.4 Å². The average molecular weight is 390 g/mol. The van der Waals surface area contributed by atoms with Crippen LogP contribution in [0.3, 0.4) is 0 Å². The van der Waals surface area contributed by atoms with Gasteiger partial charge in [-0.25, -0.2) is 4.98 Å². The van der Waals surface area contributed by atoms with E-state index in [2.05, 4.69) is 17.2 Å². The molecule has 1 atom stereocenters. The summed E-state index contributed by atoms with van der Waals surface area (Å²) in [6.45, 7) is 7.65. The molecule has 0 radical (unpaired) electrons. The Labute approximate surface area is 170 Å². The lowest BCUT2D eigenvalue weighted by atomic mass is 10.0. The number of hydrogen-bond acceptors (Lipinski definition) is 3. The maximum atomic E-state index is 13.1. The molecule has 1 fully saturated rings. The number of fused-ring (bicyclic) bond motifs is 1. The van der Waals surface area contributed by atoms with E-state index in [-0.39, 0.29) is 17.5 Å². The number of aromatic nitrogens is 2. The molecule has 2 aromatic heterocycles. The number of nitrogens with one attached hydrogen (secondary N) is 1. The summed E-state index contributed by atoms with van der Waals surface area (Å²) < 4.78 is 1.72. The SMILES string of the molecule is Cc1ccc(NC(=O)c2nc(C(=O)N3CCCC(C)C3)n3ccccc23)cc1C. The molecule has 0 spiro atoms. The molecule has 0 bridgehead atoms. The number of likely N-dealkylation sites (tertiary alicyclic amines) is 1. The van der Waals surface area contributed by atoms with Crippen molar-refractivity contribution < 1.29 is 9.59 Å². The van der Waals surface area contributed by atoms with E-state index in [1.807, 2.05) is 55.1 Å². The first-order valence-corrected chi connectivity index (χ1v) is 10.1. The Morgan fingerprint density at radius 3 is 2.72 bits per heavy atom. The zero-order valence-corrected chi connectivity index (χ0v) is 17.1. The molecule has 1 aliphatic heterocycles. The molecule has 1 aliphatic rings. The first kappa shape index (κ1) is 19.2. The van der Waals surface area contributed by atoms with Crippen LogP contribution in [0.2, 0.25) is 0 Å². The predicted molar refractivity (Wildman–Crippen MR) is 113 cm³/mol. The smallest absolute Gasteiger partial charge is 0.290 e. The molecule has 6 heteroatoms. The Balaban J connectivity index is 1.67. The molecule has 1 N–H and O–H groups in total. The third kappa shape index (κ3) is 3.75. The second-order valence-electron chi connectivity index (χ2n) is 7.99. The van der Waals surface area contributed by atoms with Crippen molar-refractivity contribution in [1.82, 2.24) is 14.3 Å².